The third kappa shape index (κ3) is 14.9. The molecular formula is C67H96BrN5O7. The van der Waals surface area contributed by atoms with Crippen LogP contribution in [-0.2, 0) is 53.6 Å². The van der Waals surface area contributed by atoms with Gasteiger partial charge in [-0.1, -0.05) is 147 Å². The quantitative estimate of drug-likeness (QED) is 0.0566. The molecular weight excluding hydrogens is 1070 g/mol. The van der Waals surface area contributed by atoms with Crippen LogP contribution in [0.3, 0.4) is 0 Å². The Hall–Kier alpha value is -5.05. The summed E-state index contributed by atoms with van der Waals surface area (Å²) in [5.41, 5.74) is 13.1. The molecule has 4 aliphatic heterocycles. The predicted molar refractivity (Wildman–Crippen MR) is 335 cm³/mol. The SMILES string of the molecule is CC(C)=CCC/C(C)=C/CBr.CC(C)=CCC/C(C)=C/Cn1c(=O)n2c3c(cccc31)C(C)(C)CC2.CC1(C)CCN2C(=O)Cc3cccc1c32.CC1(C)CCn2c(=O)n(CC(O)C(C)(O)CCC(O)C(C)(C)O)c3cccc1c32. The molecule has 0 fully saturated rings. The van der Waals surface area contributed by atoms with Gasteiger partial charge in [0.2, 0.25) is 5.91 Å². The van der Waals surface area contributed by atoms with Crippen LogP contribution in [0.15, 0.2) is 111 Å². The van der Waals surface area contributed by atoms with Crippen LogP contribution in [0, 0.1) is 0 Å². The van der Waals surface area contributed by atoms with E-state index in [1.807, 2.05) is 32.2 Å². The van der Waals surface area contributed by atoms with Gasteiger partial charge in [-0.25, -0.2) is 9.59 Å². The number of aliphatic hydroxyl groups excluding tert-OH is 2. The molecule has 6 heterocycles. The number of imidazole rings is 2. The Labute approximate surface area is 485 Å². The van der Waals surface area contributed by atoms with Crippen LogP contribution in [0.2, 0.25) is 0 Å². The zero-order chi connectivity index (χ0) is 59.3. The third-order valence-corrected chi connectivity index (χ3v) is 17.5. The van der Waals surface area contributed by atoms with E-state index in [4.69, 9.17) is 0 Å². The van der Waals surface area contributed by atoms with Gasteiger partial charge < -0.3 is 25.3 Å². The number of alkyl halides is 1. The summed E-state index contributed by atoms with van der Waals surface area (Å²) in [6, 6.07) is 18.5. The van der Waals surface area contributed by atoms with Crippen molar-refractivity contribution in [1.82, 2.24) is 18.3 Å². The molecule has 4 aliphatic rings. The van der Waals surface area contributed by atoms with E-state index in [1.165, 1.54) is 82.9 Å². The Morgan fingerprint density at radius 3 is 1.60 bits per heavy atom. The molecule has 9 rings (SSSR count). The number of amides is 1. The summed E-state index contributed by atoms with van der Waals surface area (Å²) in [7, 11) is 0. The van der Waals surface area contributed by atoms with Crippen molar-refractivity contribution in [2.45, 2.75) is 234 Å². The fraction of sp³-hybridized carbons (Fsp3) is 0.567. The van der Waals surface area contributed by atoms with E-state index in [9.17, 15) is 34.8 Å². The van der Waals surface area contributed by atoms with E-state index >= 15 is 0 Å². The van der Waals surface area contributed by atoms with Gasteiger partial charge in [-0.2, -0.15) is 0 Å². The standard InChI is InChI=1S/C22H34N2O5.C22H30N2O.C13H15NO.C10H17Br/c1-20(2)11-12-23-18-14(20)7-6-8-15(18)24(19(23)27)13-17(26)22(5,29)10-9-16(25)21(3,4)28;1-16(2)8-6-9-17(3)12-14-23-19-11-7-10-18-20(19)24(21(23)25)15-13-22(18,4)5;1-13(2)6-7-14-11(15)8-9-4-3-5-10(13)12(9)14;1-9(2)5-4-6-10(3)7-8-11/h6-8,16-17,25-26,28-29H,9-13H2,1-5H3;7-8,10-12H,6,9,13-15H2,1-5H3;3-5H,6-8H2,1-2H3;5,7H,4,6,8H2,1-3H3/b;17-12+;;10-7+. The molecule has 3 unspecified atom stereocenters. The number of aromatic nitrogens is 4. The molecule has 13 heteroatoms. The highest BCUT2D eigenvalue weighted by molar-refractivity contribution is 9.09. The molecule has 0 radical (unpaired) electrons. The van der Waals surface area contributed by atoms with Crippen molar-refractivity contribution in [3.63, 3.8) is 0 Å². The number of aliphatic hydroxyl groups is 4. The van der Waals surface area contributed by atoms with Crippen LogP contribution in [0.4, 0.5) is 5.69 Å². The van der Waals surface area contributed by atoms with E-state index in [-0.39, 0.29) is 52.9 Å². The van der Waals surface area contributed by atoms with Crippen molar-refractivity contribution in [1.29, 1.82) is 0 Å². The number of allylic oxidation sites excluding steroid dienone is 8. The molecule has 80 heavy (non-hydrogen) atoms. The summed E-state index contributed by atoms with van der Waals surface area (Å²) in [6.45, 7) is 33.7. The van der Waals surface area contributed by atoms with Crippen LogP contribution in [-0.4, -0.2) is 79.9 Å². The molecule has 0 aliphatic carbocycles. The van der Waals surface area contributed by atoms with Crippen LogP contribution in [0.25, 0.3) is 22.1 Å². The molecule has 4 N–H and O–H groups in total. The minimum absolute atomic E-state index is 0.0323. The molecule has 0 saturated heterocycles. The first kappa shape index (κ1) is 64.1. The van der Waals surface area contributed by atoms with Crippen molar-refractivity contribution in [2.24, 2.45) is 0 Å². The molecule has 0 saturated carbocycles. The fourth-order valence-corrected chi connectivity index (χ4v) is 12.0. The molecule has 12 nitrogen and oxygen atoms in total. The summed E-state index contributed by atoms with van der Waals surface area (Å²) < 4.78 is 7.20. The molecule has 0 spiro atoms. The van der Waals surface area contributed by atoms with Gasteiger partial charge in [0, 0.05) is 31.5 Å². The van der Waals surface area contributed by atoms with Crippen LogP contribution >= 0.6 is 15.9 Å². The lowest BCUT2D eigenvalue weighted by Gasteiger charge is -2.37. The van der Waals surface area contributed by atoms with Gasteiger partial charge >= 0.3 is 11.4 Å². The maximum absolute atomic E-state index is 13.0. The summed E-state index contributed by atoms with van der Waals surface area (Å²) >= 11 is 3.38. The van der Waals surface area contributed by atoms with Gasteiger partial charge in [0.05, 0.1) is 58.0 Å². The molecule has 438 valence electrons. The van der Waals surface area contributed by atoms with Gasteiger partial charge in [-0.05, 0) is 171 Å². The lowest BCUT2D eigenvalue weighted by Crippen LogP contribution is -2.45. The number of para-hydroxylation sites is 3. The highest BCUT2D eigenvalue weighted by atomic mass is 79.9. The largest absolute Gasteiger partial charge is 0.390 e. The second-order valence-electron chi connectivity index (χ2n) is 26.4. The second kappa shape index (κ2) is 26.0. The van der Waals surface area contributed by atoms with Gasteiger partial charge in [0.1, 0.15) is 6.10 Å². The van der Waals surface area contributed by atoms with Gasteiger partial charge in [0.25, 0.3) is 0 Å². The Bertz CT molecular complexity index is 3250. The minimum Gasteiger partial charge on any atom is -0.390 e. The Morgan fingerprint density at radius 2 is 1.09 bits per heavy atom. The topological polar surface area (TPSA) is 155 Å². The summed E-state index contributed by atoms with van der Waals surface area (Å²) in [5.74, 6) is 0.271. The van der Waals surface area contributed by atoms with Crippen molar-refractivity contribution in [3.05, 3.63) is 144 Å². The summed E-state index contributed by atoms with van der Waals surface area (Å²) in [5, 5.41) is 42.4. The predicted octanol–water partition coefficient (Wildman–Crippen LogP) is 13.0. The maximum atomic E-state index is 13.0. The van der Waals surface area contributed by atoms with E-state index in [2.05, 4.69) is 160 Å². The van der Waals surface area contributed by atoms with Crippen molar-refractivity contribution in [2.75, 3.05) is 16.8 Å². The first-order valence-corrected chi connectivity index (χ1v) is 30.3. The number of benzene rings is 3. The van der Waals surface area contributed by atoms with Crippen molar-refractivity contribution >= 4 is 49.6 Å². The lowest BCUT2D eigenvalue weighted by atomic mass is 9.77. The van der Waals surface area contributed by atoms with Gasteiger partial charge in [-0.15, -0.1) is 0 Å². The van der Waals surface area contributed by atoms with Gasteiger partial charge in [0.15, 0.2) is 0 Å². The summed E-state index contributed by atoms with van der Waals surface area (Å²) in [6.07, 6.45) is 15.0. The Kier molecular flexibility index (Phi) is 20.9. The number of hydrogen-bond acceptors (Lipinski definition) is 7. The Morgan fingerprint density at radius 1 is 0.625 bits per heavy atom. The normalized spacial score (nSPS) is 18.1. The van der Waals surface area contributed by atoms with E-state index < -0.39 is 23.4 Å². The highest BCUT2D eigenvalue weighted by Gasteiger charge is 2.40. The summed E-state index contributed by atoms with van der Waals surface area (Å²) in [4.78, 5) is 39.7. The fourth-order valence-electron chi connectivity index (χ4n) is 11.5. The van der Waals surface area contributed by atoms with Crippen molar-refractivity contribution in [3.8, 4) is 0 Å². The van der Waals surface area contributed by atoms with E-state index in [0.717, 1.165) is 78.2 Å². The average Bonchev–Trinajstić information content (AvgIpc) is 3.95. The highest BCUT2D eigenvalue weighted by Crippen LogP contribution is 2.45. The number of carbonyl (C=O) groups excluding carboxylic acids is 1. The zero-order valence-corrected chi connectivity index (χ0v) is 52.7. The Balaban J connectivity index is 0.000000183. The average molecular weight is 1160 g/mol. The number of anilines is 1. The van der Waals surface area contributed by atoms with Crippen LogP contribution < -0.4 is 16.3 Å². The maximum Gasteiger partial charge on any atom is 0.329 e. The number of nitrogens with zero attached hydrogens (tertiary/aromatic N) is 5. The smallest absolute Gasteiger partial charge is 0.329 e. The lowest BCUT2D eigenvalue weighted by molar-refractivity contribution is -0.117. The number of carbonyl (C=O) groups is 1. The molecule has 5 aromatic rings. The molecule has 2 aromatic heterocycles. The number of hydrogen-bond donors (Lipinski definition) is 4. The second-order valence-corrected chi connectivity index (χ2v) is 27.0. The molecule has 0 bridgehead atoms. The molecule has 1 amide bonds. The molecule has 3 aromatic carbocycles. The number of rotatable bonds is 16. The number of aryl methyl sites for hydroxylation is 2. The monoisotopic (exact) mass is 1160 g/mol. The van der Waals surface area contributed by atoms with E-state index in [1.54, 1.807) is 4.57 Å². The van der Waals surface area contributed by atoms with Crippen LogP contribution in [0.1, 0.15) is 184 Å². The van der Waals surface area contributed by atoms with Crippen LogP contribution in [0.5, 0.6) is 0 Å². The van der Waals surface area contributed by atoms with Gasteiger partial charge in [-0.3, -0.25) is 23.1 Å². The number of halogens is 1. The first-order chi connectivity index (χ1) is 37.3. The minimum atomic E-state index is -1.52. The van der Waals surface area contributed by atoms with Crippen molar-refractivity contribution < 1.29 is 25.2 Å². The molecule has 3 atom stereocenters. The zero-order valence-electron chi connectivity index (χ0n) is 51.1. The third-order valence-electron chi connectivity index (χ3n) is 17.2. The van der Waals surface area contributed by atoms with E-state index in [0.29, 0.717) is 19.5 Å². The first-order valence-electron chi connectivity index (χ1n) is 29.2.